The van der Waals surface area contributed by atoms with E-state index in [0.717, 1.165) is 6.42 Å². The predicted molar refractivity (Wildman–Crippen MR) is 77.6 cm³/mol. The molecule has 1 aromatic carbocycles. The molecule has 106 valence electrons. The van der Waals surface area contributed by atoms with E-state index < -0.39 is 7.60 Å². The molecule has 1 saturated carbocycles. The third-order valence-corrected chi connectivity index (χ3v) is 5.92. The van der Waals surface area contributed by atoms with Crippen LogP contribution in [0.2, 0.25) is 0 Å². The lowest BCUT2D eigenvalue weighted by atomic mass is 10.1. The van der Waals surface area contributed by atoms with Gasteiger partial charge in [0.15, 0.2) is 0 Å². The van der Waals surface area contributed by atoms with E-state index in [1.807, 2.05) is 45.9 Å². The Kier molecular flexibility index (Phi) is 4.50. The highest BCUT2D eigenvalue weighted by molar-refractivity contribution is 7.55. The van der Waals surface area contributed by atoms with Crippen molar-refractivity contribution >= 4 is 7.60 Å². The van der Waals surface area contributed by atoms with Gasteiger partial charge in [-0.05, 0) is 45.6 Å². The first-order chi connectivity index (χ1) is 8.92. The Morgan fingerprint density at radius 3 is 2.05 bits per heavy atom. The molecular weight excluding hydrogens is 259 g/mol. The van der Waals surface area contributed by atoms with E-state index >= 15 is 0 Å². The van der Waals surface area contributed by atoms with Crippen molar-refractivity contribution in [2.24, 2.45) is 0 Å². The van der Waals surface area contributed by atoms with Crippen LogP contribution in [-0.4, -0.2) is 17.9 Å². The summed E-state index contributed by atoms with van der Waals surface area (Å²) in [5, 5.41) is 0. The summed E-state index contributed by atoms with van der Waals surface area (Å²) in [4.78, 5) is 0. The fourth-order valence-corrected chi connectivity index (χ4v) is 4.99. The Balaban J connectivity index is 2.12. The van der Waals surface area contributed by atoms with Crippen molar-refractivity contribution in [2.75, 3.05) is 0 Å². The van der Waals surface area contributed by atoms with Gasteiger partial charge in [0, 0.05) is 0 Å². The zero-order chi connectivity index (χ0) is 14.0. The summed E-state index contributed by atoms with van der Waals surface area (Å²) in [6, 6.07) is 10.2. The zero-order valence-electron chi connectivity index (χ0n) is 12.1. The number of rotatable bonds is 6. The molecule has 3 nitrogen and oxygen atoms in total. The molecule has 1 aromatic rings. The number of hydrogen-bond donors (Lipinski definition) is 0. The Bertz CT molecular complexity index is 442. The summed E-state index contributed by atoms with van der Waals surface area (Å²) in [6.45, 7) is 7.60. The molecule has 4 heteroatoms. The van der Waals surface area contributed by atoms with Gasteiger partial charge in [-0.15, -0.1) is 0 Å². The number of benzene rings is 1. The van der Waals surface area contributed by atoms with E-state index in [2.05, 4.69) is 12.1 Å². The van der Waals surface area contributed by atoms with Crippen molar-refractivity contribution in [3.05, 3.63) is 35.9 Å². The normalized spacial score (nSPS) is 23.1. The maximum absolute atomic E-state index is 12.9. The second-order valence-electron chi connectivity index (χ2n) is 5.67. The third-order valence-electron chi connectivity index (χ3n) is 3.11. The minimum absolute atomic E-state index is 0.0136. The van der Waals surface area contributed by atoms with Crippen LogP contribution < -0.4 is 0 Å². The standard InChI is InChI=1S/C15H23O3P/c1-11(2)17-19(16,18-12(3)4)15-10-14(15)13-8-6-5-7-9-13/h5-9,11-12,14-15H,10H2,1-4H3/t14-,15+/m1/s1. The first kappa shape index (κ1) is 14.8. The summed E-state index contributed by atoms with van der Waals surface area (Å²) in [7, 11) is -3.01. The fraction of sp³-hybridized carbons (Fsp3) is 0.600. The zero-order valence-corrected chi connectivity index (χ0v) is 13.0. The van der Waals surface area contributed by atoms with Gasteiger partial charge in [0.2, 0.25) is 0 Å². The summed E-state index contributed by atoms with van der Waals surface area (Å²) < 4.78 is 24.3. The van der Waals surface area contributed by atoms with Crippen LogP contribution in [0.3, 0.4) is 0 Å². The van der Waals surface area contributed by atoms with Crippen LogP contribution >= 0.6 is 7.60 Å². The van der Waals surface area contributed by atoms with Crippen LogP contribution in [-0.2, 0) is 13.6 Å². The van der Waals surface area contributed by atoms with Crippen LogP contribution in [0, 0.1) is 0 Å². The lowest BCUT2D eigenvalue weighted by Gasteiger charge is -2.23. The summed E-state index contributed by atoms with van der Waals surface area (Å²) >= 11 is 0. The van der Waals surface area contributed by atoms with Gasteiger partial charge in [-0.2, -0.15) is 0 Å². The molecule has 19 heavy (non-hydrogen) atoms. The SMILES string of the molecule is CC(C)OP(=O)(OC(C)C)[C@H]1C[C@@H]1c1ccccc1. The molecule has 1 aliphatic rings. The maximum Gasteiger partial charge on any atom is 0.334 e. The molecule has 0 amide bonds. The van der Waals surface area contributed by atoms with Gasteiger partial charge in [-0.3, -0.25) is 4.57 Å². The van der Waals surface area contributed by atoms with Crippen LogP contribution in [0.15, 0.2) is 30.3 Å². The van der Waals surface area contributed by atoms with Gasteiger partial charge in [-0.1, -0.05) is 30.3 Å². The molecule has 2 rings (SSSR count). The summed E-state index contributed by atoms with van der Waals surface area (Å²) in [5.74, 6) is 0.310. The van der Waals surface area contributed by atoms with Gasteiger partial charge in [0.1, 0.15) is 0 Å². The summed E-state index contributed by atoms with van der Waals surface area (Å²) in [6.07, 6.45) is 0.726. The van der Waals surface area contributed by atoms with Crippen molar-refractivity contribution in [3.63, 3.8) is 0 Å². The average Bonchev–Trinajstić information content (AvgIpc) is 3.08. The molecule has 0 saturated heterocycles. The first-order valence-corrected chi connectivity index (χ1v) is 8.55. The number of hydrogen-bond acceptors (Lipinski definition) is 3. The molecule has 0 spiro atoms. The van der Waals surface area contributed by atoms with E-state index in [4.69, 9.17) is 9.05 Å². The molecule has 0 unspecified atom stereocenters. The van der Waals surface area contributed by atoms with E-state index in [1.54, 1.807) is 0 Å². The largest absolute Gasteiger partial charge is 0.334 e. The Morgan fingerprint density at radius 1 is 1.05 bits per heavy atom. The van der Waals surface area contributed by atoms with Gasteiger partial charge in [-0.25, -0.2) is 0 Å². The van der Waals surface area contributed by atoms with Crippen molar-refractivity contribution in [3.8, 4) is 0 Å². The lowest BCUT2D eigenvalue weighted by molar-refractivity contribution is 0.141. The van der Waals surface area contributed by atoms with Crippen LogP contribution in [0.1, 0.15) is 45.6 Å². The van der Waals surface area contributed by atoms with Crippen molar-refractivity contribution < 1.29 is 13.6 Å². The first-order valence-electron chi connectivity index (χ1n) is 6.94. The highest BCUT2D eigenvalue weighted by atomic mass is 31.2. The fourth-order valence-electron chi connectivity index (χ4n) is 2.36. The smallest absolute Gasteiger partial charge is 0.306 e. The quantitative estimate of drug-likeness (QED) is 0.716. The molecule has 1 aliphatic carbocycles. The minimum Gasteiger partial charge on any atom is -0.306 e. The lowest BCUT2D eigenvalue weighted by Crippen LogP contribution is -2.11. The van der Waals surface area contributed by atoms with Crippen molar-refractivity contribution in [2.45, 2.75) is 57.9 Å². The van der Waals surface area contributed by atoms with Crippen LogP contribution in [0.25, 0.3) is 0 Å². The Morgan fingerprint density at radius 2 is 1.58 bits per heavy atom. The molecule has 0 bridgehead atoms. The second kappa shape index (κ2) is 5.78. The minimum atomic E-state index is -3.01. The van der Waals surface area contributed by atoms with Gasteiger partial charge in [0.25, 0.3) is 0 Å². The molecule has 0 heterocycles. The molecule has 2 atom stereocenters. The van der Waals surface area contributed by atoms with E-state index in [1.165, 1.54) is 5.56 Å². The van der Waals surface area contributed by atoms with Crippen molar-refractivity contribution in [1.29, 1.82) is 0 Å². The molecular formula is C15H23O3P. The van der Waals surface area contributed by atoms with E-state index in [9.17, 15) is 4.57 Å². The second-order valence-corrected chi connectivity index (χ2v) is 7.83. The maximum atomic E-state index is 12.9. The van der Waals surface area contributed by atoms with E-state index in [0.29, 0.717) is 5.92 Å². The Labute approximate surface area is 115 Å². The van der Waals surface area contributed by atoms with Gasteiger partial charge < -0.3 is 9.05 Å². The highest BCUT2D eigenvalue weighted by Crippen LogP contribution is 2.69. The topological polar surface area (TPSA) is 35.5 Å². The van der Waals surface area contributed by atoms with Crippen LogP contribution in [0.5, 0.6) is 0 Å². The van der Waals surface area contributed by atoms with Gasteiger partial charge >= 0.3 is 7.60 Å². The average molecular weight is 282 g/mol. The molecule has 0 aromatic heterocycles. The van der Waals surface area contributed by atoms with Crippen molar-refractivity contribution in [1.82, 2.24) is 0 Å². The molecule has 0 aliphatic heterocycles. The highest BCUT2D eigenvalue weighted by Gasteiger charge is 2.54. The molecule has 0 N–H and O–H groups in total. The molecule has 0 radical (unpaired) electrons. The van der Waals surface area contributed by atoms with Crippen LogP contribution in [0.4, 0.5) is 0 Å². The summed E-state index contributed by atoms with van der Waals surface area (Å²) in [5.41, 5.74) is 1.24. The molecule has 1 fully saturated rings. The third kappa shape index (κ3) is 3.68. The monoisotopic (exact) mass is 282 g/mol. The predicted octanol–water partition coefficient (Wildman–Crippen LogP) is 4.59. The van der Waals surface area contributed by atoms with Gasteiger partial charge in [0.05, 0.1) is 17.9 Å². The Hall–Kier alpha value is -0.630. The van der Waals surface area contributed by atoms with E-state index in [-0.39, 0.29) is 17.9 Å².